The van der Waals surface area contributed by atoms with Gasteiger partial charge in [-0.25, -0.2) is 4.98 Å². The number of ether oxygens (including phenoxy) is 1. The zero-order valence-corrected chi connectivity index (χ0v) is 12.8. The minimum absolute atomic E-state index is 0.750. The predicted molar refractivity (Wildman–Crippen MR) is 87.6 cm³/mol. The summed E-state index contributed by atoms with van der Waals surface area (Å²) in [5.41, 5.74) is 3.12. The molecule has 0 saturated carbocycles. The Balaban J connectivity index is 1.90. The second-order valence-corrected chi connectivity index (χ2v) is 6.17. The minimum atomic E-state index is 0.750. The average Bonchev–Trinajstić information content (AvgIpc) is 3.04. The molecule has 0 radical (unpaired) electrons. The number of thiazole rings is 1. The standard InChI is InChI=1S/C16H11ClN2OS/c1-20-12-4-2-3-10(7-12)13-9-19-14-6-5-11(17)8-15(14)21-16(19)18-13/h2-9H,1H3. The average molecular weight is 315 g/mol. The fourth-order valence-corrected chi connectivity index (χ4v) is 3.68. The highest BCUT2D eigenvalue weighted by molar-refractivity contribution is 7.23. The number of hydrogen-bond donors (Lipinski definition) is 0. The first-order chi connectivity index (χ1) is 10.2. The zero-order chi connectivity index (χ0) is 14.4. The largest absolute Gasteiger partial charge is 0.497 e. The monoisotopic (exact) mass is 314 g/mol. The molecule has 0 bridgehead atoms. The summed E-state index contributed by atoms with van der Waals surface area (Å²) >= 11 is 7.67. The van der Waals surface area contributed by atoms with Gasteiger partial charge in [0.05, 0.1) is 23.0 Å². The Morgan fingerprint density at radius 2 is 2.10 bits per heavy atom. The molecule has 5 heteroatoms. The Hall–Kier alpha value is -2.04. The summed E-state index contributed by atoms with van der Waals surface area (Å²) in [5, 5.41) is 0.750. The van der Waals surface area contributed by atoms with Crippen LogP contribution in [0.1, 0.15) is 0 Å². The SMILES string of the molecule is COc1cccc(-c2cn3c(n2)sc2cc(Cl)ccc23)c1. The number of hydrogen-bond acceptors (Lipinski definition) is 3. The number of rotatable bonds is 2. The van der Waals surface area contributed by atoms with Gasteiger partial charge in [-0.1, -0.05) is 35.1 Å². The molecule has 0 spiro atoms. The Bertz CT molecular complexity index is 957. The van der Waals surface area contributed by atoms with Crippen molar-refractivity contribution in [3.63, 3.8) is 0 Å². The molecule has 4 rings (SSSR count). The van der Waals surface area contributed by atoms with Crippen molar-refractivity contribution in [3.8, 4) is 17.0 Å². The number of methoxy groups -OCH3 is 1. The van der Waals surface area contributed by atoms with Crippen LogP contribution in [0.25, 0.3) is 26.4 Å². The molecule has 0 N–H and O–H groups in total. The smallest absolute Gasteiger partial charge is 0.195 e. The lowest BCUT2D eigenvalue weighted by molar-refractivity contribution is 0.415. The highest BCUT2D eigenvalue weighted by atomic mass is 35.5. The van der Waals surface area contributed by atoms with Gasteiger partial charge in [0.2, 0.25) is 0 Å². The van der Waals surface area contributed by atoms with Gasteiger partial charge in [0.15, 0.2) is 4.96 Å². The third kappa shape index (κ3) is 2.07. The second-order valence-electron chi connectivity index (χ2n) is 4.72. The van der Waals surface area contributed by atoms with Crippen molar-refractivity contribution in [2.24, 2.45) is 0 Å². The van der Waals surface area contributed by atoms with Crippen LogP contribution in [0.3, 0.4) is 0 Å². The van der Waals surface area contributed by atoms with Gasteiger partial charge in [-0.15, -0.1) is 0 Å². The van der Waals surface area contributed by atoms with Gasteiger partial charge in [0, 0.05) is 16.8 Å². The van der Waals surface area contributed by atoms with Crippen molar-refractivity contribution in [1.29, 1.82) is 0 Å². The fourth-order valence-electron chi connectivity index (χ4n) is 2.40. The molecule has 2 aromatic heterocycles. The van der Waals surface area contributed by atoms with E-state index in [1.54, 1.807) is 18.4 Å². The van der Waals surface area contributed by atoms with Gasteiger partial charge < -0.3 is 4.74 Å². The van der Waals surface area contributed by atoms with Crippen molar-refractivity contribution < 1.29 is 4.74 Å². The van der Waals surface area contributed by atoms with Crippen LogP contribution >= 0.6 is 22.9 Å². The predicted octanol–water partition coefficient (Wildman–Crippen LogP) is 4.88. The molecule has 0 aliphatic heterocycles. The Labute approximate surface area is 130 Å². The lowest BCUT2D eigenvalue weighted by Crippen LogP contribution is -1.83. The molecule has 0 amide bonds. The van der Waals surface area contributed by atoms with E-state index in [0.29, 0.717) is 0 Å². The van der Waals surface area contributed by atoms with Crippen molar-refractivity contribution in [3.05, 3.63) is 53.7 Å². The quantitative estimate of drug-likeness (QED) is 0.527. The van der Waals surface area contributed by atoms with E-state index in [1.807, 2.05) is 42.5 Å². The Kier molecular flexibility index (Phi) is 2.87. The molecule has 21 heavy (non-hydrogen) atoms. The van der Waals surface area contributed by atoms with Crippen molar-refractivity contribution in [2.75, 3.05) is 7.11 Å². The first kappa shape index (κ1) is 12.7. The molecule has 0 unspecified atom stereocenters. The minimum Gasteiger partial charge on any atom is -0.497 e. The highest BCUT2D eigenvalue weighted by Gasteiger charge is 2.10. The van der Waals surface area contributed by atoms with Gasteiger partial charge in [-0.2, -0.15) is 0 Å². The van der Waals surface area contributed by atoms with Gasteiger partial charge in [-0.3, -0.25) is 4.40 Å². The van der Waals surface area contributed by atoms with E-state index in [0.717, 1.165) is 37.2 Å². The summed E-state index contributed by atoms with van der Waals surface area (Å²) in [6.45, 7) is 0. The number of imidazole rings is 1. The maximum Gasteiger partial charge on any atom is 0.195 e. The molecule has 0 fully saturated rings. The van der Waals surface area contributed by atoms with Crippen molar-refractivity contribution in [2.45, 2.75) is 0 Å². The molecule has 0 aliphatic carbocycles. The molecule has 4 aromatic rings. The van der Waals surface area contributed by atoms with Crippen LogP contribution in [0.15, 0.2) is 48.7 Å². The normalized spacial score (nSPS) is 11.3. The topological polar surface area (TPSA) is 26.5 Å². The molecule has 2 heterocycles. The maximum absolute atomic E-state index is 6.04. The molecule has 104 valence electrons. The molecule has 0 aliphatic rings. The van der Waals surface area contributed by atoms with Crippen molar-refractivity contribution in [1.82, 2.24) is 9.38 Å². The lowest BCUT2D eigenvalue weighted by atomic mass is 10.1. The summed E-state index contributed by atoms with van der Waals surface area (Å²) in [7, 11) is 1.67. The van der Waals surface area contributed by atoms with Crippen LogP contribution in [0.5, 0.6) is 5.75 Å². The maximum atomic E-state index is 6.04. The van der Waals surface area contributed by atoms with E-state index >= 15 is 0 Å². The van der Waals surface area contributed by atoms with Gasteiger partial charge in [0.25, 0.3) is 0 Å². The van der Waals surface area contributed by atoms with E-state index in [1.165, 1.54) is 0 Å². The molecule has 2 aromatic carbocycles. The van der Waals surface area contributed by atoms with Crippen LogP contribution in [0.2, 0.25) is 5.02 Å². The number of nitrogens with zero attached hydrogens (tertiary/aromatic N) is 2. The lowest BCUT2D eigenvalue weighted by Gasteiger charge is -2.01. The first-order valence-electron chi connectivity index (χ1n) is 6.46. The van der Waals surface area contributed by atoms with E-state index in [-0.39, 0.29) is 0 Å². The fraction of sp³-hybridized carbons (Fsp3) is 0.0625. The summed E-state index contributed by atoms with van der Waals surface area (Å²) in [4.78, 5) is 5.67. The van der Waals surface area contributed by atoms with E-state index in [2.05, 4.69) is 10.6 Å². The van der Waals surface area contributed by atoms with E-state index < -0.39 is 0 Å². The molecular formula is C16H11ClN2OS. The van der Waals surface area contributed by atoms with Gasteiger partial charge in [-0.05, 0) is 30.3 Å². The van der Waals surface area contributed by atoms with Crippen LogP contribution < -0.4 is 4.74 Å². The second kappa shape index (κ2) is 4.76. The summed E-state index contributed by atoms with van der Waals surface area (Å²) in [5.74, 6) is 0.834. The third-order valence-electron chi connectivity index (χ3n) is 3.42. The van der Waals surface area contributed by atoms with Crippen molar-refractivity contribution >= 4 is 38.1 Å². The van der Waals surface area contributed by atoms with Gasteiger partial charge in [0.1, 0.15) is 5.75 Å². The molecule has 0 atom stereocenters. The highest BCUT2D eigenvalue weighted by Crippen LogP contribution is 2.31. The molecule has 0 saturated heterocycles. The number of halogens is 1. The molecular weight excluding hydrogens is 304 g/mol. The Morgan fingerprint density at radius 3 is 2.95 bits per heavy atom. The van der Waals surface area contributed by atoms with Crippen LogP contribution in [0, 0.1) is 0 Å². The van der Waals surface area contributed by atoms with Gasteiger partial charge >= 0.3 is 0 Å². The zero-order valence-electron chi connectivity index (χ0n) is 11.2. The number of aromatic nitrogens is 2. The first-order valence-corrected chi connectivity index (χ1v) is 7.65. The van der Waals surface area contributed by atoms with Crippen LogP contribution in [-0.4, -0.2) is 16.5 Å². The van der Waals surface area contributed by atoms with Crippen LogP contribution in [0.4, 0.5) is 0 Å². The third-order valence-corrected chi connectivity index (χ3v) is 4.67. The Morgan fingerprint density at radius 1 is 1.19 bits per heavy atom. The number of benzene rings is 2. The summed E-state index contributed by atoms with van der Waals surface area (Å²) in [6, 6.07) is 13.8. The van der Waals surface area contributed by atoms with Crippen LogP contribution in [-0.2, 0) is 0 Å². The van der Waals surface area contributed by atoms with E-state index in [9.17, 15) is 0 Å². The summed E-state index contributed by atoms with van der Waals surface area (Å²) in [6.07, 6.45) is 2.05. The molecule has 3 nitrogen and oxygen atoms in total. The number of fused-ring (bicyclic) bond motifs is 3. The van der Waals surface area contributed by atoms with E-state index in [4.69, 9.17) is 21.3 Å². The summed E-state index contributed by atoms with van der Waals surface area (Å²) < 4.78 is 8.51.